The number of hydrogen-bond donors (Lipinski definition) is 2. The Bertz CT molecular complexity index is 321. The second kappa shape index (κ2) is 2.55. The van der Waals surface area contributed by atoms with Crippen LogP contribution in [0.5, 0.6) is 11.5 Å². The molecule has 11 heavy (non-hydrogen) atoms. The fourth-order valence-electron chi connectivity index (χ4n) is 0.827. The number of rotatable bonds is 0. The molecular formula is C9H8O2. The van der Waals surface area contributed by atoms with E-state index in [1.54, 1.807) is 13.0 Å². The third-order valence-electron chi connectivity index (χ3n) is 1.50. The van der Waals surface area contributed by atoms with Gasteiger partial charge in [0.15, 0.2) is 0 Å². The molecular weight excluding hydrogens is 140 g/mol. The number of benzene rings is 1. The third-order valence-corrected chi connectivity index (χ3v) is 1.50. The van der Waals surface area contributed by atoms with Gasteiger partial charge in [-0.2, -0.15) is 0 Å². The third kappa shape index (κ3) is 1.13. The maximum Gasteiger partial charge on any atom is 0.137 e. The van der Waals surface area contributed by atoms with Crippen molar-refractivity contribution in [1.29, 1.82) is 0 Å². The van der Waals surface area contributed by atoms with Crippen LogP contribution in [0.25, 0.3) is 0 Å². The van der Waals surface area contributed by atoms with E-state index in [1.165, 1.54) is 6.07 Å². The van der Waals surface area contributed by atoms with E-state index in [1.807, 2.05) is 0 Å². The average molecular weight is 148 g/mol. The van der Waals surface area contributed by atoms with Crippen LogP contribution in [0.2, 0.25) is 0 Å². The van der Waals surface area contributed by atoms with Gasteiger partial charge in [0.2, 0.25) is 0 Å². The van der Waals surface area contributed by atoms with Crippen molar-refractivity contribution in [2.75, 3.05) is 0 Å². The highest BCUT2D eigenvalue weighted by Gasteiger charge is 2.05. The van der Waals surface area contributed by atoms with E-state index >= 15 is 0 Å². The second-order valence-electron chi connectivity index (χ2n) is 2.27. The molecule has 2 nitrogen and oxygen atoms in total. The van der Waals surface area contributed by atoms with Crippen LogP contribution in [0.15, 0.2) is 12.1 Å². The van der Waals surface area contributed by atoms with Gasteiger partial charge in [-0.15, -0.1) is 6.42 Å². The molecule has 0 saturated carbocycles. The Kier molecular flexibility index (Phi) is 1.74. The summed E-state index contributed by atoms with van der Waals surface area (Å²) in [6, 6.07) is 3.07. The molecule has 1 rings (SSSR count). The molecule has 0 radical (unpaired) electrons. The zero-order chi connectivity index (χ0) is 8.43. The van der Waals surface area contributed by atoms with Crippen molar-refractivity contribution in [3.8, 4) is 23.8 Å². The molecule has 0 aliphatic rings. The Balaban J connectivity index is 3.44. The predicted octanol–water partition coefficient (Wildman–Crippen LogP) is 1.39. The van der Waals surface area contributed by atoms with Crippen molar-refractivity contribution in [1.82, 2.24) is 0 Å². The Morgan fingerprint density at radius 1 is 1.36 bits per heavy atom. The molecule has 0 aromatic heterocycles. The fourth-order valence-corrected chi connectivity index (χ4v) is 0.827. The van der Waals surface area contributed by atoms with Gasteiger partial charge in [-0.3, -0.25) is 0 Å². The number of aromatic hydroxyl groups is 2. The first-order valence-corrected chi connectivity index (χ1v) is 3.15. The lowest BCUT2D eigenvalue weighted by molar-refractivity contribution is 0.445. The van der Waals surface area contributed by atoms with E-state index in [0.717, 1.165) is 0 Å². The molecule has 56 valence electrons. The molecule has 0 saturated heterocycles. The predicted molar refractivity (Wildman–Crippen MR) is 42.4 cm³/mol. The number of hydrogen-bond acceptors (Lipinski definition) is 2. The minimum absolute atomic E-state index is 0.0208. The van der Waals surface area contributed by atoms with Crippen LogP contribution in [0.1, 0.15) is 11.1 Å². The van der Waals surface area contributed by atoms with Crippen LogP contribution in [0.3, 0.4) is 0 Å². The van der Waals surface area contributed by atoms with Crippen molar-refractivity contribution in [3.63, 3.8) is 0 Å². The molecule has 1 aromatic rings. The molecule has 1 aromatic carbocycles. The smallest absolute Gasteiger partial charge is 0.137 e. The summed E-state index contributed by atoms with van der Waals surface area (Å²) in [4.78, 5) is 0. The standard InChI is InChI=1S/C9H8O2/c1-3-7-8(10)5-4-6(2)9(7)11/h1,4-5,10-11H,2H3. The Morgan fingerprint density at radius 2 is 2.00 bits per heavy atom. The highest BCUT2D eigenvalue weighted by molar-refractivity contribution is 5.56. The molecule has 0 heterocycles. The number of phenolic OH excluding ortho intramolecular Hbond substituents is 2. The summed E-state index contributed by atoms with van der Waals surface area (Å²) < 4.78 is 0. The first kappa shape index (κ1) is 7.49. The molecule has 0 aliphatic heterocycles. The number of aryl methyl sites for hydroxylation is 1. The summed E-state index contributed by atoms with van der Waals surface area (Å²) in [5, 5.41) is 18.4. The molecule has 2 N–H and O–H groups in total. The van der Waals surface area contributed by atoms with Crippen molar-refractivity contribution in [3.05, 3.63) is 23.3 Å². The van der Waals surface area contributed by atoms with Crippen molar-refractivity contribution in [2.24, 2.45) is 0 Å². The highest BCUT2D eigenvalue weighted by Crippen LogP contribution is 2.28. The molecule has 0 aliphatic carbocycles. The molecule has 0 amide bonds. The van der Waals surface area contributed by atoms with E-state index in [9.17, 15) is 5.11 Å². The molecule has 0 unspecified atom stereocenters. The minimum Gasteiger partial charge on any atom is -0.507 e. The minimum atomic E-state index is -0.0596. The second-order valence-corrected chi connectivity index (χ2v) is 2.27. The van der Waals surface area contributed by atoms with Crippen molar-refractivity contribution < 1.29 is 10.2 Å². The monoisotopic (exact) mass is 148 g/mol. The molecule has 0 fully saturated rings. The van der Waals surface area contributed by atoms with Gasteiger partial charge in [0.1, 0.15) is 17.1 Å². The van der Waals surface area contributed by atoms with E-state index in [2.05, 4.69) is 5.92 Å². The molecule has 0 spiro atoms. The van der Waals surface area contributed by atoms with E-state index in [0.29, 0.717) is 5.56 Å². The lowest BCUT2D eigenvalue weighted by Crippen LogP contribution is -1.81. The van der Waals surface area contributed by atoms with Gasteiger partial charge >= 0.3 is 0 Å². The maximum absolute atomic E-state index is 9.28. The summed E-state index contributed by atoms with van der Waals surface area (Å²) >= 11 is 0. The van der Waals surface area contributed by atoms with Gasteiger partial charge < -0.3 is 10.2 Å². The van der Waals surface area contributed by atoms with Gasteiger partial charge in [0.25, 0.3) is 0 Å². The maximum atomic E-state index is 9.28. The van der Waals surface area contributed by atoms with Crippen LogP contribution >= 0.6 is 0 Å². The van der Waals surface area contributed by atoms with Gasteiger partial charge in [-0.05, 0) is 18.6 Å². The van der Waals surface area contributed by atoms with E-state index < -0.39 is 0 Å². The lowest BCUT2D eigenvalue weighted by atomic mass is 10.1. The van der Waals surface area contributed by atoms with Crippen LogP contribution < -0.4 is 0 Å². The largest absolute Gasteiger partial charge is 0.507 e. The lowest BCUT2D eigenvalue weighted by Gasteiger charge is -2.02. The number of terminal acetylenes is 1. The molecule has 2 heteroatoms. The summed E-state index contributed by atoms with van der Waals surface area (Å²) in [6.07, 6.45) is 5.05. The van der Waals surface area contributed by atoms with E-state index in [4.69, 9.17) is 11.5 Å². The summed E-state index contributed by atoms with van der Waals surface area (Å²) in [7, 11) is 0. The van der Waals surface area contributed by atoms with E-state index in [-0.39, 0.29) is 17.1 Å². The first-order valence-electron chi connectivity index (χ1n) is 3.15. The molecule has 0 atom stereocenters. The number of phenols is 2. The zero-order valence-corrected chi connectivity index (χ0v) is 6.13. The van der Waals surface area contributed by atoms with Crippen LogP contribution in [0, 0.1) is 19.3 Å². The zero-order valence-electron chi connectivity index (χ0n) is 6.13. The Labute approximate surface area is 65.1 Å². The Hall–Kier alpha value is -1.62. The fraction of sp³-hybridized carbons (Fsp3) is 0.111. The summed E-state index contributed by atoms with van der Waals surface area (Å²) in [5.41, 5.74) is 0.820. The van der Waals surface area contributed by atoms with Gasteiger partial charge in [-0.25, -0.2) is 0 Å². The van der Waals surface area contributed by atoms with Gasteiger partial charge in [0.05, 0.1) is 0 Å². The van der Waals surface area contributed by atoms with Crippen molar-refractivity contribution in [2.45, 2.75) is 6.92 Å². The highest BCUT2D eigenvalue weighted by atomic mass is 16.3. The summed E-state index contributed by atoms with van der Waals surface area (Å²) in [6.45, 7) is 1.72. The van der Waals surface area contributed by atoms with Gasteiger partial charge in [-0.1, -0.05) is 12.0 Å². The van der Waals surface area contributed by atoms with Crippen LogP contribution in [-0.2, 0) is 0 Å². The first-order chi connectivity index (χ1) is 5.16. The van der Waals surface area contributed by atoms with Crippen molar-refractivity contribution >= 4 is 0 Å². The quantitative estimate of drug-likeness (QED) is 0.546. The Morgan fingerprint density at radius 3 is 2.45 bits per heavy atom. The van der Waals surface area contributed by atoms with Crippen LogP contribution in [-0.4, -0.2) is 10.2 Å². The SMILES string of the molecule is C#Cc1c(O)ccc(C)c1O. The summed E-state index contributed by atoms with van der Waals surface area (Å²) in [5.74, 6) is 2.12. The van der Waals surface area contributed by atoms with Gasteiger partial charge in [0, 0.05) is 0 Å². The van der Waals surface area contributed by atoms with Crippen LogP contribution in [0.4, 0.5) is 0 Å². The molecule has 0 bridgehead atoms. The topological polar surface area (TPSA) is 40.5 Å². The average Bonchev–Trinajstić information content (AvgIpc) is 1.99. The normalized spacial score (nSPS) is 9.09.